The maximum atomic E-state index is 13.0. The Morgan fingerprint density at radius 3 is 2.83 bits per heavy atom. The fourth-order valence-corrected chi connectivity index (χ4v) is 3.35. The monoisotopic (exact) mass is 370 g/mol. The molecule has 1 aromatic carbocycles. The van der Waals surface area contributed by atoms with Gasteiger partial charge < -0.3 is 9.32 Å². The van der Waals surface area contributed by atoms with Crippen molar-refractivity contribution in [2.45, 2.75) is 6.04 Å². The number of hydrogen-bond donors (Lipinski definition) is 0. The van der Waals surface area contributed by atoms with Gasteiger partial charge in [0.1, 0.15) is 5.58 Å². The first-order valence-corrected chi connectivity index (χ1v) is 7.80. The number of rotatable bonds is 1. The van der Waals surface area contributed by atoms with Gasteiger partial charge in [-0.2, -0.15) is 0 Å². The molecule has 4 rings (SSSR count). The van der Waals surface area contributed by atoms with Crippen molar-refractivity contribution in [2.24, 2.45) is 0 Å². The highest BCUT2D eigenvalue weighted by molar-refractivity contribution is 9.10. The lowest BCUT2D eigenvalue weighted by Gasteiger charge is -2.19. The molecule has 0 fully saturated rings. The van der Waals surface area contributed by atoms with Crippen LogP contribution < -0.4 is 5.43 Å². The molecule has 0 radical (unpaired) electrons. The molecule has 1 atom stereocenters. The number of hydrogen-bond acceptors (Lipinski definition) is 4. The van der Waals surface area contributed by atoms with Crippen molar-refractivity contribution >= 4 is 32.8 Å². The molecule has 0 N–H and O–H groups in total. The van der Waals surface area contributed by atoms with Gasteiger partial charge in [-0.25, -0.2) is 0 Å². The van der Waals surface area contributed by atoms with Gasteiger partial charge in [0, 0.05) is 23.9 Å². The SMILES string of the molecule is CN1C(=O)c2oc3ccc(Br)cc3c(=O)c2[C@H]1c1cccnc1. The third-order valence-electron chi connectivity index (χ3n) is 4.06. The molecule has 1 aliphatic rings. The molecule has 0 saturated carbocycles. The first kappa shape index (κ1) is 14.1. The van der Waals surface area contributed by atoms with Crippen LogP contribution in [0.15, 0.2) is 56.4 Å². The molecule has 6 heteroatoms. The lowest BCUT2D eigenvalue weighted by Crippen LogP contribution is -2.25. The highest BCUT2D eigenvalue weighted by Crippen LogP contribution is 2.36. The fraction of sp³-hybridized carbons (Fsp3) is 0.118. The van der Waals surface area contributed by atoms with E-state index in [0.29, 0.717) is 16.5 Å². The second kappa shape index (κ2) is 5.03. The number of halogens is 1. The van der Waals surface area contributed by atoms with Gasteiger partial charge in [0.2, 0.25) is 5.76 Å². The zero-order chi connectivity index (χ0) is 16.1. The Morgan fingerprint density at radius 1 is 1.26 bits per heavy atom. The summed E-state index contributed by atoms with van der Waals surface area (Å²) < 4.78 is 6.53. The summed E-state index contributed by atoms with van der Waals surface area (Å²) in [5.41, 5.74) is 1.37. The van der Waals surface area contributed by atoms with Gasteiger partial charge in [-0.3, -0.25) is 14.6 Å². The molecule has 2 aromatic heterocycles. The van der Waals surface area contributed by atoms with Crippen LogP contribution >= 0.6 is 15.9 Å². The average molecular weight is 371 g/mol. The highest BCUT2D eigenvalue weighted by Gasteiger charge is 2.40. The Bertz CT molecular complexity index is 998. The lowest BCUT2D eigenvalue weighted by atomic mass is 10.0. The van der Waals surface area contributed by atoms with E-state index in [-0.39, 0.29) is 17.1 Å². The Balaban J connectivity index is 2.06. The molecule has 1 aliphatic heterocycles. The van der Waals surface area contributed by atoms with Gasteiger partial charge in [-0.1, -0.05) is 22.0 Å². The van der Waals surface area contributed by atoms with Crippen LogP contribution in [0.2, 0.25) is 0 Å². The predicted molar refractivity (Wildman–Crippen MR) is 88.4 cm³/mol. The summed E-state index contributed by atoms with van der Waals surface area (Å²) in [7, 11) is 1.66. The summed E-state index contributed by atoms with van der Waals surface area (Å²) >= 11 is 3.36. The Hall–Kier alpha value is -2.47. The normalized spacial score (nSPS) is 16.9. The zero-order valence-corrected chi connectivity index (χ0v) is 13.7. The molecule has 0 saturated heterocycles. The number of benzene rings is 1. The van der Waals surface area contributed by atoms with Crippen LogP contribution in [-0.4, -0.2) is 22.8 Å². The minimum absolute atomic E-state index is 0.112. The van der Waals surface area contributed by atoms with Crippen molar-refractivity contribution < 1.29 is 9.21 Å². The summed E-state index contributed by atoms with van der Waals surface area (Å²) in [6, 6.07) is 8.33. The standard InChI is InChI=1S/C17H11BrN2O3/c1-20-14(9-3-2-6-19-8-9)13-15(21)11-7-10(18)4-5-12(11)23-16(13)17(20)22/h2-8,14H,1H3/t14-/m1/s1. The summed E-state index contributed by atoms with van der Waals surface area (Å²) in [6.07, 6.45) is 3.31. The van der Waals surface area contributed by atoms with Gasteiger partial charge in [-0.15, -0.1) is 0 Å². The smallest absolute Gasteiger partial charge is 0.290 e. The van der Waals surface area contributed by atoms with Gasteiger partial charge in [0.15, 0.2) is 5.43 Å². The van der Waals surface area contributed by atoms with Crippen LogP contribution in [0.1, 0.15) is 27.7 Å². The number of amides is 1. The molecule has 0 spiro atoms. The molecule has 1 amide bonds. The zero-order valence-electron chi connectivity index (χ0n) is 12.1. The van der Waals surface area contributed by atoms with E-state index in [1.807, 2.05) is 6.07 Å². The molecule has 114 valence electrons. The first-order valence-electron chi connectivity index (χ1n) is 7.01. The fourth-order valence-electron chi connectivity index (χ4n) is 2.99. The van der Waals surface area contributed by atoms with E-state index >= 15 is 0 Å². The number of pyridine rings is 1. The topological polar surface area (TPSA) is 63.4 Å². The van der Waals surface area contributed by atoms with Gasteiger partial charge in [0.25, 0.3) is 5.91 Å². The quantitative estimate of drug-likeness (QED) is 0.660. The van der Waals surface area contributed by atoms with Crippen molar-refractivity contribution in [2.75, 3.05) is 7.05 Å². The van der Waals surface area contributed by atoms with Crippen LogP contribution in [0, 0.1) is 0 Å². The van der Waals surface area contributed by atoms with E-state index in [1.54, 1.807) is 43.7 Å². The Labute approximate surface area is 139 Å². The molecular formula is C17H11BrN2O3. The number of fused-ring (bicyclic) bond motifs is 2. The largest absolute Gasteiger partial charge is 0.450 e. The molecule has 0 unspecified atom stereocenters. The van der Waals surface area contributed by atoms with E-state index < -0.39 is 6.04 Å². The molecule has 3 heterocycles. The summed E-state index contributed by atoms with van der Waals surface area (Å²) in [5, 5.41) is 0.454. The second-order valence-electron chi connectivity index (χ2n) is 5.42. The first-order chi connectivity index (χ1) is 11.1. The van der Waals surface area contributed by atoms with Crippen LogP contribution in [0.5, 0.6) is 0 Å². The van der Waals surface area contributed by atoms with Crippen LogP contribution in [0.4, 0.5) is 0 Å². The average Bonchev–Trinajstić information content (AvgIpc) is 2.81. The number of aromatic nitrogens is 1. The highest BCUT2D eigenvalue weighted by atomic mass is 79.9. The molecule has 0 aliphatic carbocycles. The maximum absolute atomic E-state index is 13.0. The Kier molecular flexibility index (Phi) is 3.09. The van der Waals surface area contributed by atoms with Gasteiger partial charge >= 0.3 is 0 Å². The molecule has 3 aromatic rings. The Morgan fingerprint density at radius 2 is 2.09 bits per heavy atom. The van der Waals surface area contributed by atoms with E-state index in [4.69, 9.17) is 4.42 Å². The molecule has 5 nitrogen and oxygen atoms in total. The van der Waals surface area contributed by atoms with Crippen molar-refractivity contribution in [1.29, 1.82) is 0 Å². The summed E-state index contributed by atoms with van der Waals surface area (Å²) in [5.74, 6) is -0.183. The molecule has 0 bridgehead atoms. The van der Waals surface area contributed by atoms with Crippen LogP contribution in [-0.2, 0) is 0 Å². The number of carbonyl (C=O) groups excluding carboxylic acids is 1. The minimum Gasteiger partial charge on any atom is -0.450 e. The third-order valence-corrected chi connectivity index (χ3v) is 4.56. The second-order valence-corrected chi connectivity index (χ2v) is 6.34. The van der Waals surface area contributed by atoms with Crippen LogP contribution in [0.25, 0.3) is 11.0 Å². The van der Waals surface area contributed by atoms with Gasteiger partial charge in [0.05, 0.1) is 17.0 Å². The number of carbonyl (C=O) groups is 1. The van der Waals surface area contributed by atoms with E-state index in [2.05, 4.69) is 20.9 Å². The molecule has 23 heavy (non-hydrogen) atoms. The van der Waals surface area contributed by atoms with Crippen molar-refractivity contribution in [1.82, 2.24) is 9.88 Å². The molecular weight excluding hydrogens is 360 g/mol. The maximum Gasteiger partial charge on any atom is 0.290 e. The van der Waals surface area contributed by atoms with E-state index in [1.165, 1.54) is 4.90 Å². The van der Waals surface area contributed by atoms with Crippen molar-refractivity contribution in [3.63, 3.8) is 0 Å². The number of nitrogens with zero attached hydrogens (tertiary/aromatic N) is 2. The summed E-state index contributed by atoms with van der Waals surface area (Å²) in [4.78, 5) is 31.1. The van der Waals surface area contributed by atoms with Crippen molar-refractivity contribution in [3.8, 4) is 0 Å². The predicted octanol–water partition coefficient (Wildman–Crippen LogP) is 3.13. The van der Waals surface area contributed by atoms with Crippen LogP contribution in [0.3, 0.4) is 0 Å². The van der Waals surface area contributed by atoms with E-state index in [0.717, 1.165) is 10.0 Å². The van der Waals surface area contributed by atoms with Gasteiger partial charge in [-0.05, 0) is 29.8 Å². The lowest BCUT2D eigenvalue weighted by molar-refractivity contribution is 0.0771. The minimum atomic E-state index is -0.481. The third kappa shape index (κ3) is 2.02. The van der Waals surface area contributed by atoms with Crippen molar-refractivity contribution in [3.05, 3.63) is 74.3 Å². The van der Waals surface area contributed by atoms with E-state index in [9.17, 15) is 9.59 Å². The summed E-state index contributed by atoms with van der Waals surface area (Å²) in [6.45, 7) is 0.